The molecule has 2 aromatic heterocycles. The van der Waals surface area contributed by atoms with Crippen molar-refractivity contribution in [2.75, 3.05) is 6.54 Å². The zero-order valence-electron chi connectivity index (χ0n) is 14.6. The Morgan fingerprint density at radius 2 is 2.00 bits per heavy atom. The van der Waals surface area contributed by atoms with E-state index in [1.54, 1.807) is 4.68 Å². The van der Waals surface area contributed by atoms with Crippen molar-refractivity contribution >= 4 is 5.91 Å². The van der Waals surface area contributed by atoms with E-state index in [1.807, 2.05) is 25.8 Å². The average molecular weight is 328 g/mol. The molecule has 0 saturated carbocycles. The van der Waals surface area contributed by atoms with Gasteiger partial charge in [0.15, 0.2) is 0 Å². The maximum Gasteiger partial charge on any atom is 0.272 e. The molecule has 0 aromatic carbocycles. The second-order valence-corrected chi connectivity index (χ2v) is 7.00. The van der Waals surface area contributed by atoms with Crippen LogP contribution < -0.4 is 0 Å². The molecule has 4 rings (SSSR count). The lowest BCUT2D eigenvalue weighted by Gasteiger charge is -2.25. The number of hydrogen-bond acceptors (Lipinski definition) is 4. The number of fused-ring (bicyclic) bond motifs is 1. The van der Waals surface area contributed by atoms with Gasteiger partial charge in [0.1, 0.15) is 11.5 Å². The van der Waals surface area contributed by atoms with Crippen LogP contribution in [0.1, 0.15) is 70.5 Å². The lowest BCUT2D eigenvalue weighted by molar-refractivity contribution is 0.0722. The molecular weight excluding hydrogens is 304 g/mol. The molecule has 1 atom stereocenters. The van der Waals surface area contributed by atoms with Gasteiger partial charge in [0.05, 0.1) is 17.4 Å². The van der Waals surface area contributed by atoms with Crippen molar-refractivity contribution in [1.29, 1.82) is 0 Å². The van der Waals surface area contributed by atoms with Crippen LogP contribution >= 0.6 is 0 Å². The molecule has 1 amide bonds. The fraction of sp³-hybridized carbons (Fsp3) is 0.611. The van der Waals surface area contributed by atoms with Gasteiger partial charge in [0.25, 0.3) is 5.91 Å². The summed E-state index contributed by atoms with van der Waals surface area (Å²) in [6, 6.07) is 0.0675. The summed E-state index contributed by atoms with van der Waals surface area (Å²) < 4.78 is 7.13. The Balaban J connectivity index is 1.71. The normalized spacial score (nSPS) is 20.5. The highest BCUT2D eigenvalue weighted by molar-refractivity contribution is 5.95. The van der Waals surface area contributed by atoms with Crippen molar-refractivity contribution in [3.63, 3.8) is 0 Å². The van der Waals surface area contributed by atoms with Gasteiger partial charge in [0.2, 0.25) is 0 Å². The van der Waals surface area contributed by atoms with Gasteiger partial charge in [0, 0.05) is 24.7 Å². The molecular formula is C18H24N4O2. The van der Waals surface area contributed by atoms with Gasteiger partial charge < -0.3 is 9.42 Å². The Morgan fingerprint density at radius 3 is 2.75 bits per heavy atom. The Kier molecular flexibility index (Phi) is 3.70. The number of likely N-dealkylation sites (tertiary alicyclic amines) is 1. The lowest BCUT2D eigenvalue weighted by atomic mass is 9.95. The molecule has 3 heterocycles. The van der Waals surface area contributed by atoms with E-state index in [-0.39, 0.29) is 11.9 Å². The fourth-order valence-corrected chi connectivity index (χ4v) is 4.36. The topological polar surface area (TPSA) is 64.2 Å². The van der Waals surface area contributed by atoms with Gasteiger partial charge in [-0.05, 0) is 52.4 Å². The third kappa shape index (κ3) is 2.27. The Morgan fingerprint density at radius 1 is 1.21 bits per heavy atom. The van der Waals surface area contributed by atoms with E-state index in [2.05, 4.69) is 10.3 Å². The van der Waals surface area contributed by atoms with Gasteiger partial charge in [-0.3, -0.25) is 9.48 Å². The van der Waals surface area contributed by atoms with Crippen molar-refractivity contribution in [3.8, 4) is 0 Å². The van der Waals surface area contributed by atoms with Crippen LogP contribution in [0, 0.1) is 13.8 Å². The molecule has 1 aliphatic heterocycles. The third-order valence-electron chi connectivity index (χ3n) is 5.46. The largest absolute Gasteiger partial charge is 0.361 e. The van der Waals surface area contributed by atoms with Crippen LogP contribution in [0.25, 0.3) is 0 Å². The predicted molar refractivity (Wildman–Crippen MR) is 88.8 cm³/mol. The fourth-order valence-electron chi connectivity index (χ4n) is 4.36. The molecule has 0 unspecified atom stereocenters. The molecule has 0 N–H and O–H groups in total. The molecule has 1 fully saturated rings. The zero-order valence-corrected chi connectivity index (χ0v) is 14.6. The summed E-state index contributed by atoms with van der Waals surface area (Å²) >= 11 is 0. The van der Waals surface area contributed by atoms with E-state index in [9.17, 15) is 4.79 Å². The van der Waals surface area contributed by atoms with Crippen LogP contribution in [0.3, 0.4) is 0 Å². The minimum Gasteiger partial charge on any atom is -0.361 e. The predicted octanol–water partition coefficient (Wildman–Crippen LogP) is 2.88. The Hall–Kier alpha value is -2.11. The summed E-state index contributed by atoms with van der Waals surface area (Å²) in [5.74, 6) is 0.930. The number of carbonyl (C=O) groups excluding carboxylic acids is 1. The van der Waals surface area contributed by atoms with E-state index in [0.29, 0.717) is 0 Å². The Labute approximate surface area is 141 Å². The maximum atomic E-state index is 13.3. The van der Waals surface area contributed by atoms with Gasteiger partial charge >= 0.3 is 0 Å². The standard InChI is InChI=1S/C18H24N4O2/c1-11-16(12(2)24-20-11)15-9-6-10-22(15)18(23)17-13-7-4-5-8-14(13)19-21(17)3/h15H,4-10H2,1-3H3/t15-/m1/s1. The first-order chi connectivity index (χ1) is 11.6. The summed E-state index contributed by atoms with van der Waals surface area (Å²) in [5, 5.41) is 8.68. The molecule has 6 nitrogen and oxygen atoms in total. The minimum atomic E-state index is 0.0675. The lowest BCUT2D eigenvalue weighted by Crippen LogP contribution is -2.33. The number of carbonyl (C=O) groups is 1. The first-order valence-electron chi connectivity index (χ1n) is 8.86. The second kappa shape index (κ2) is 5.76. The monoisotopic (exact) mass is 328 g/mol. The summed E-state index contributed by atoms with van der Waals surface area (Å²) in [6.07, 6.45) is 6.25. The molecule has 128 valence electrons. The van der Waals surface area contributed by atoms with Crippen LogP contribution in [-0.4, -0.2) is 32.3 Å². The van der Waals surface area contributed by atoms with Crippen LogP contribution in [0.15, 0.2) is 4.52 Å². The molecule has 0 radical (unpaired) electrons. The molecule has 1 saturated heterocycles. The van der Waals surface area contributed by atoms with Crippen LogP contribution in [0.2, 0.25) is 0 Å². The quantitative estimate of drug-likeness (QED) is 0.850. The first kappa shape index (κ1) is 15.4. The van der Waals surface area contributed by atoms with Crippen LogP contribution in [-0.2, 0) is 19.9 Å². The smallest absolute Gasteiger partial charge is 0.272 e. The average Bonchev–Trinajstić information content (AvgIpc) is 3.23. The van der Waals surface area contributed by atoms with Crippen molar-refractivity contribution in [2.45, 2.75) is 58.4 Å². The highest BCUT2D eigenvalue weighted by Gasteiger charge is 2.37. The number of hydrogen-bond donors (Lipinski definition) is 0. The molecule has 2 aliphatic rings. The first-order valence-corrected chi connectivity index (χ1v) is 8.86. The van der Waals surface area contributed by atoms with E-state index in [1.165, 1.54) is 6.42 Å². The second-order valence-electron chi connectivity index (χ2n) is 7.00. The number of rotatable bonds is 2. The van der Waals surface area contributed by atoms with Gasteiger partial charge in [-0.15, -0.1) is 0 Å². The van der Waals surface area contributed by atoms with Crippen LogP contribution in [0.5, 0.6) is 0 Å². The maximum absolute atomic E-state index is 13.3. The number of nitrogens with zero attached hydrogens (tertiary/aromatic N) is 4. The molecule has 6 heteroatoms. The van der Waals surface area contributed by atoms with Crippen molar-refractivity contribution in [1.82, 2.24) is 19.8 Å². The van der Waals surface area contributed by atoms with Crippen molar-refractivity contribution in [2.24, 2.45) is 7.05 Å². The van der Waals surface area contributed by atoms with Gasteiger partial charge in [-0.25, -0.2) is 0 Å². The molecule has 24 heavy (non-hydrogen) atoms. The van der Waals surface area contributed by atoms with E-state index in [4.69, 9.17) is 4.52 Å². The minimum absolute atomic E-state index is 0.0675. The SMILES string of the molecule is Cc1noc(C)c1[C@H]1CCCN1C(=O)c1c2c(nn1C)CCCC2. The van der Waals surface area contributed by atoms with E-state index < -0.39 is 0 Å². The van der Waals surface area contributed by atoms with E-state index >= 15 is 0 Å². The highest BCUT2D eigenvalue weighted by Crippen LogP contribution is 2.37. The summed E-state index contributed by atoms with van der Waals surface area (Å²) in [4.78, 5) is 15.3. The van der Waals surface area contributed by atoms with Gasteiger partial charge in [-0.1, -0.05) is 5.16 Å². The van der Waals surface area contributed by atoms with Crippen molar-refractivity contribution in [3.05, 3.63) is 34.0 Å². The van der Waals surface area contributed by atoms with Crippen molar-refractivity contribution < 1.29 is 9.32 Å². The Bertz CT molecular complexity index is 770. The summed E-state index contributed by atoms with van der Waals surface area (Å²) in [5.41, 5.74) is 5.03. The summed E-state index contributed by atoms with van der Waals surface area (Å²) in [6.45, 7) is 4.68. The van der Waals surface area contributed by atoms with Gasteiger partial charge in [-0.2, -0.15) is 5.10 Å². The molecule has 2 aromatic rings. The van der Waals surface area contributed by atoms with E-state index in [0.717, 1.165) is 72.6 Å². The third-order valence-corrected chi connectivity index (χ3v) is 5.46. The summed E-state index contributed by atoms with van der Waals surface area (Å²) in [7, 11) is 1.90. The number of amides is 1. The number of aryl methyl sites for hydroxylation is 4. The number of aromatic nitrogens is 3. The zero-order chi connectivity index (χ0) is 16.8. The molecule has 0 bridgehead atoms. The molecule has 0 spiro atoms. The highest BCUT2D eigenvalue weighted by atomic mass is 16.5. The molecule has 1 aliphatic carbocycles. The van der Waals surface area contributed by atoms with Crippen LogP contribution in [0.4, 0.5) is 0 Å².